The highest BCUT2D eigenvalue weighted by Gasteiger charge is 2.40. The zero-order valence-electron chi connectivity index (χ0n) is 55.9. The fourth-order valence-corrected chi connectivity index (χ4v) is 12.7. The molecule has 0 saturated heterocycles. The first kappa shape index (κ1) is 92.5. The molecular formula is C74H66BClF18N2O6S4. The van der Waals surface area contributed by atoms with Crippen LogP contribution in [0.1, 0.15) is 112 Å². The van der Waals surface area contributed by atoms with Crippen molar-refractivity contribution in [2.24, 2.45) is 5.73 Å². The number of aliphatic hydroxyl groups is 2. The summed E-state index contributed by atoms with van der Waals surface area (Å²) in [6, 6.07) is 49.3. The predicted octanol–water partition coefficient (Wildman–Crippen LogP) is 21.3. The van der Waals surface area contributed by atoms with Crippen LogP contribution in [0, 0.1) is 11.3 Å². The van der Waals surface area contributed by atoms with Crippen molar-refractivity contribution in [2.45, 2.75) is 92.1 Å². The lowest BCUT2D eigenvalue weighted by atomic mass is 9.92. The van der Waals surface area contributed by atoms with Gasteiger partial charge in [-0.1, -0.05) is 170 Å². The van der Waals surface area contributed by atoms with Gasteiger partial charge in [0.05, 0.1) is 76.7 Å². The van der Waals surface area contributed by atoms with Crippen molar-refractivity contribution in [2.75, 3.05) is 35.4 Å². The van der Waals surface area contributed by atoms with Crippen molar-refractivity contribution in [3.8, 4) is 6.07 Å². The molecule has 2 atom stereocenters. The summed E-state index contributed by atoms with van der Waals surface area (Å²) in [5.74, 6) is -0.443. The number of hydrogen-bond acceptors (Lipinski definition) is 12. The molecule has 0 fully saturated rings. The molecule has 0 spiro atoms. The maximum atomic E-state index is 12.9. The second-order valence-corrected chi connectivity index (χ2v) is 26.5. The minimum atomic E-state index is -4.91. The van der Waals surface area contributed by atoms with Gasteiger partial charge >= 0.3 is 37.1 Å². The number of nitrogens with zero attached hydrogens (tertiary/aromatic N) is 1. The molecule has 0 saturated carbocycles. The van der Waals surface area contributed by atoms with E-state index in [0.29, 0.717) is 64.2 Å². The van der Waals surface area contributed by atoms with Crippen LogP contribution in [0.25, 0.3) is 0 Å². The van der Waals surface area contributed by atoms with Crippen LogP contribution < -0.4 is 5.73 Å². The van der Waals surface area contributed by atoms with Crippen molar-refractivity contribution < 1.29 is 108 Å². The van der Waals surface area contributed by atoms with E-state index in [1.54, 1.807) is 115 Å². The number of halogens is 19. The molecule has 0 aliphatic heterocycles. The molecule has 8 nitrogen and oxygen atoms in total. The summed E-state index contributed by atoms with van der Waals surface area (Å²) >= 11 is 9.34. The number of nitrogens with two attached hydrogens (primary N) is 1. The maximum absolute atomic E-state index is 12.9. The van der Waals surface area contributed by atoms with Crippen LogP contribution in [0.4, 0.5) is 79.0 Å². The summed E-state index contributed by atoms with van der Waals surface area (Å²) in [7, 11) is 4.50. The number of nitriles is 1. The molecule has 568 valence electrons. The zero-order valence-corrected chi connectivity index (χ0v) is 59.9. The summed E-state index contributed by atoms with van der Waals surface area (Å²) in [6.07, 6.45) is -29.4. The Morgan fingerprint density at radius 1 is 0.406 bits per heavy atom. The lowest BCUT2D eigenvalue weighted by Crippen LogP contribution is -2.31. The van der Waals surface area contributed by atoms with Gasteiger partial charge in [0.1, 0.15) is 5.60 Å². The molecule has 0 aliphatic carbocycles. The number of alkyl halides is 19. The smallest absolute Gasteiger partial charge is 0.384 e. The summed E-state index contributed by atoms with van der Waals surface area (Å²) in [6.45, 7) is 3.14. The van der Waals surface area contributed by atoms with Crippen molar-refractivity contribution >= 4 is 89.0 Å². The Morgan fingerprint density at radius 3 is 0.943 bits per heavy atom. The van der Waals surface area contributed by atoms with Crippen molar-refractivity contribution in [3.63, 3.8) is 0 Å². The number of thioether (sulfide) groups is 4. The quantitative estimate of drug-likeness (QED) is 0.0241. The molecule has 0 amide bonds. The number of ketones is 3. The Balaban J connectivity index is 0.000000356. The first-order valence-electron chi connectivity index (χ1n) is 30.8. The van der Waals surface area contributed by atoms with Crippen LogP contribution in [0.15, 0.2) is 206 Å². The second kappa shape index (κ2) is 43.3. The van der Waals surface area contributed by atoms with E-state index in [0.717, 1.165) is 47.0 Å². The Hall–Kier alpha value is -7.70. The van der Waals surface area contributed by atoms with E-state index in [1.807, 2.05) is 42.5 Å². The van der Waals surface area contributed by atoms with Crippen LogP contribution in [-0.2, 0) is 70.3 Å². The van der Waals surface area contributed by atoms with Crippen LogP contribution in [0.3, 0.4) is 0 Å². The molecule has 2 radical (unpaired) electrons. The molecular weight excluding hydrogens is 1530 g/mol. The number of carbonyl (C=O) groups excluding carboxylic acids is 4. The molecule has 2 unspecified atom stereocenters. The molecule has 0 heterocycles. The normalized spacial score (nSPS) is 12.7. The Labute approximate surface area is 622 Å². The van der Waals surface area contributed by atoms with Gasteiger partial charge in [-0.3, -0.25) is 19.2 Å². The van der Waals surface area contributed by atoms with Gasteiger partial charge in [0, 0.05) is 52.4 Å². The summed E-state index contributed by atoms with van der Waals surface area (Å²) in [5.41, 5.74) is -3.10. The standard InChI is InChI=1S/C19H19F6NOS.C19H15F6NOS.C17H12F6OS.C10H10O2S.C8H7ClO.CH3B/c2*20-18(21,22)15-8-13(9-16(10-15)19(23,24)25)11-28-12-17(27,6-7-26)14-4-2-1-3-5-14;18-16(19,20)13-6-11(7-14(8-13)17(21,22)23)9-25-10-15(24)12-4-2-1-3-5-12;1-8(11)13-7-10(12)9-5-3-2-4-6-9;9-6-8(10)7-4-2-1-3-5-7;1-2/h1-5,8-10,27H,6-7,11-12,26H2;1-5,8-10,27H,6,11-12H2;1-8H,9-10H2;2-6H,7H2,1H3;1-5H,6H2;1H3. The number of carbonyl (C=O) groups is 4. The van der Waals surface area contributed by atoms with Gasteiger partial charge in [-0.2, -0.15) is 108 Å². The van der Waals surface area contributed by atoms with E-state index in [4.69, 9.17) is 22.6 Å². The summed E-state index contributed by atoms with van der Waals surface area (Å²) < 4.78 is 232. The first-order chi connectivity index (χ1) is 49.5. The molecule has 32 heteroatoms. The number of rotatable bonds is 23. The molecule has 0 aromatic heterocycles. The average Bonchev–Trinajstić information content (AvgIpc) is 0.774. The number of Topliss-reactive ketones (excluding diaryl/α,β-unsaturated/α-hetero) is 3. The van der Waals surface area contributed by atoms with Crippen LogP contribution >= 0.6 is 58.6 Å². The third-order valence-corrected chi connectivity index (χ3v) is 18.5. The molecule has 8 aromatic carbocycles. The fourth-order valence-electron chi connectivity index (χ4n) is 8.93. The van der Waals surface area contributed by atoms with E-state index in [9.17, 15) is 108 Å². The molecule has 0 aliphatic rings. The van der Waals surface area contributed by atoms with E-state index in [2.05, 4.69) is 7.85 Å². The SMILES string of the molecule is CC(=O)SCC(=O)c1ccccc1.N#CCC(O)(CSCc1cc(C(F)(F)F)cc(C(F)(F)F)c1)c1ccccc1.NCCC(O)(CSCc1cc(C(F)(F)F)cc(C(F)(F)F)c1)c1ccccc1.O=C(CCl)c1ccccc1.O=C(CSCc1cc(C(F)(F)F)cc(C(F)(F)F)c1)c1ccccc1.[B]C. The monoisotopic (exact) mass is 1590 g/mol. The first-order valence-corrected chi connectivity index (χ1v) is 35.7. The van der Waals surface area contributed by atoms with Crippen LogP contribution in [0.5, 0.6) is 0 Å². The highest BCUT2D eigenvalue weighted by atomic mass is 35.5. The van der Waals surface area contributed by atoms with Gasteiger partial charge in [-0.15, -0.1) is 23.4 Å². The highest BCUT2D eigenvalue weighted by Crippen LogP contribution is 2.42. The van der Waals surface area contributed by atoms with Gasteiger partial charge in [0.25, 0.3) is 0 Å². The average molecular weight is 1600 g/mol. The van der Waals surface area contributed by atoms with Crippen LogP contribution in [0.2, 0.25) is 6.82 Å². The van der Waals surface area contributed by atoms with Crippen molar-refractivity contribution in [1.29, 1.82) is 5.26 Å². The van der Waals surface area contributed by atoms with Crippen molar-refractivity contribution in [1.82, 2.24) is 0 Å². The Kier molecular flexibility index (Phi) is 37.8. The van der Waals surface area contributed by atoms with E-state index >= 15 is 0 Å². The third-order valence-electron chi connectivity index (χ3n) is 14.0. The Bertz CT molecular complexity index is 3970. The maximum Gasteiger partial charge on any atom is 0.416 e. The Morgan fingerprint density at radius 2 is 0.670 bits per heavy atom. The van der Waals surface area contributed by atoms with Gasteiger partial charge in [-0.05, 0) is 95.4 Å². The topological polar surface area (TPSA) is 159 Å². The van der Waals surface area contributed by atoms with Gasteiger partial charge < -0.3 is 15.9 Å². The lowest BCUT2D eigenvalue weighted by molar-refractivity contribution is -0.144. The second-order valence-electron chi connectivity index (χ2n) is 22.2. The summed E-state index contributed by atoms with van der Waals surface area (Å²) in [5, 5.41) is 30.5. The molecule has 0 bridgehead atoms. The minimum absolute atomic E-state index is 0.000741. The fraction of sp³-hybridized carbons (Fsp3) is 0.284. The number of hydrogen-bond donors (Lipinski definition) is 3. The third kappa shape index (κ3) is 32.8. The van der Waals surface area contributed by atoms with Crippen molar-refractivity contribution in [3.05, 3.63) is 284 Å². The van der Waals surface area contributed by atoms with E-state index in [-0.39, 0.29) is 123 Å². The van der Waals surface area contributed by atoms with Gasteiger partial charge in [-0.25, -0.2) is 0 Å². The van der Waals surface area contributed by atoms with E-state index in [1.165, 1.54) is 13.7 Å². The predicted molar refractivity (Wildman–Crippen MR) is 380 cm³/mol. The van der Waals surface area contributed by atoms with E-state index < -0.39 is 81.6 Å². The van der Waals surface area contributed by atoms with Gasteiger partial charge in [0.2, 0.25) is 0 Å². The highest BCUT2D eigenvalue weighted by molar-refractivity contribution is 8.14. The lowest BCUT2D eigenvalue weighted by Gasteiger charge is -2.28. The minimum Gasteiger partial charge on any atom is -0.384 e. The van der Waals surface area contributed by atoms with Gasteiger partial charge in [0.15, 0.2) is 22.5 Å². The molecule has 106 heavy (non-hydrogen) atoms. The summed E-state index contributed by atoms with van der Waals surface area (Å²) in [4.78, 5) is 44.8. The molecule has 8 aromatic rings. The molecule has 4 N–H and O–H groups in total. The van der Waals surface area contributed by atoms with Crippen LogP contribution in [-0.4, -0.2) is 76.0 Å². The zero-order chi connectivity index (χ0) is 79.7. The molecule has 8 rings (SSSR count). The number of benzene rings is 8. The largest absolute Gasteiger partial charge is 0.416 e.